The zero-order valence-electron chi connectivity index (χ0n) is 19.0. The van der Waals surface area contributed by atoms with Crippen molar-refractivity contribution in [3.8, 4) is 0 Å². The van der Waals surface area contributed by atoms with Crippen LogP contribution in [-0.4, -0.2) is 68.2 Å². The molecule has 184 valence electrons. The van der Waals surface area contributed by atoms with E-state index in [1.165, 1.54) is 15.7 Å². The molecule has 5 atom stereocenters. The number of aliphatic hydroxyl groups is 2. The van der Waals surface area contributed by atoms with E-state index in [0.29, 0.717) is 35.1 Å². The molecule has 0 spiro atoms. The Bertz CT molecular complexity index is 1330. The van der Waals surface area contributed by atoms with Gasteiger partial charge in [0.2, 0.25) is 11.8 Å². The van der Waals surface area contributed by atoms with E-state index >= 15 is 0 Å². The van der Waals surface area contributed by atoms with Gasteiger partial charge in [0.15, 0.2) is 23.8 Å². The summed E-state index contributed by atoms with van der Waals surface area (Å²) < 4.78 is 7.46. The first kappa shape index (κ1) is 23.4. The maximum absolute atomic E-state index is 10.7. The molecule has 5 N–H and O–H groups in total. The summed E-state index contributed by atoms with van der Waals surface area (Å²) in [6.07, 6.45) is -2.38. The van der Waals surface area contributed by atoms with E-state index in [-0.39, 0.29) is 17.7 Å². The van der Waals surface area contributed by atoms with Crippen LogP contribution in [0.2, 0.25) is 5.02 Å². The van der Waals surface area contributed by atoms with Crippen LogP contribution in [0.3, 0.4) is 0 Å². The minimum atomic E-state index is -1.29. The number of ether oxygens (including phenoxy) is 1. The highest BCUT2D eigenvalue weighted by Crippen LogP contribution is 2.38. The van der Waals surface area contributed by atoms with Crippen LogP contribution in [0, 0.1) is 0 Å². The molecular weight excluding hydrogens is 476 g/mol. The lowest BCUT2D eigenvalue weighted by atomic mass is 10.1. The van der Waals surface area contributed by atoms with Gasteiger partial charge in [-0.1, -0.05) is 23.7 Å². The van der Waals surface area contributed by atoms with Gasteiger partial charge in [0, 0.05) is 11.1 Å². The number of fused-ring (bicyclic) bond motifs is 1. The third kappa shape index (κ3) is 4.50. The molecule has 3 aromatic heterocycles. The van der Waals surface area contributed by atoms with Crippen LogP contribution in [0.15, 0.2) is 30.6 Å². The van der Waals surface area contributed by atoms with Crippen molar-refractivity contribution in [1.29, 1.82) is 0 Å². The molecule has 1 unspecified atom stereocenters. The second-order valence-electron chi connectivity index (χ2n) is 8.40. The lowest BCUT2D eigenvalue weighted by molar-refractivity contribution is -0.0384. The number of halogens is 1. The maximum atomic E-state index is 10.7. The van der Waals surface area contributed by atoms with Crippen molar-refractivity contribution < 1.29 is 14.9 Å². The number of tetrazole rings is 1. The van der Waals surface area contributed by atoms with E-state index in [2.05, 4.69) is 35.7 Å². The lowest BCUT2D eigenvalue weighted by Crippen LogP contribution is -2.29. The second kappa shape index (κ2) is 9.34. The number of benzene rings is 1. The summed E-state index contributed by atoms with van der Waals surface area (Å²) in [6, 6.07) is 7.59. The van der Waals surface area contributed by atoms with E-state index in [1.54, 1.807) is 0 Å². The summed E-state index contributed by atoms with van der Waals surface area (Å²) in [5.41, 5.74) is 7.95. The third-order valence-corrected chi connectivity index (χ3v) is 6.05. The van der Waals surface area contributed by atoms with E-state index in [0.717, 1.165) is 5.56 Å². The van der Waals surface area contributed by atoms with Crippen molar-refractivity contribution in [1.82, 2.24) is 39.7 Å². The van der Waals surface area contributed by atoms with Crippen molar-refractivity contribution in [3.63, 3.8) is 0 Å². The van der Waals surface area contributed by atoms with Gasteiger partial charge >= 0.3 is 0 Å². The van der Waals surface area contributed by atoms with Gasteiger partial charge in [0.05, 0.1) is 12.9 Å². The number of nitrogens with two attached hydrogens (primary N) is 1. The fourth-order valence-corrected chi connectivity index (χ4v) is 4.17. The van der Waals surface area contributed by atoms with Gasteiger partial charge in [-0.3, -0.25) is 4.57 Å². The standard InChI is InChI=1S/C21H25ClN10O3/c1-3-32-29-18(28-30-32)16-14(33)15(34)20(35-16)31-9-24-13-17(23)26-21(27-19(13)31)25-10(2)8-11-4-6-12(22)7-5-11/h4-7,9-10,14-16,20,33-34H,3,8H2,1-2H3,(H3,23,25,26,27)/t10?,14-,15+,16-,20+/m0/s1. The number of nitrogens with zero attached hydrogens (tertiary/aromatic N) is 8. The summed E-state index contributed by atoms with van der Waals surface area (Å²) in [4.78, 5) is 14.5. The molecule has 13 nitrogen and oxygen atoms in total. The first-order valence-electron chi connectivity index (χ1n) is 11.1. The summed E-state index contributed by atoms with van der Waals surface area (Å²) in [5, 5.41) is 37.3. The van der Waals surface area contributed by atoms with Gasteiger partial charge < -0.3 is 26.0 Å². The Labute approximate surface area is 204 Å². The molecule has 0 amide bonds. The topological polar surface area (TPSA) is 175 Å². The number of aromatic nitrogens is 8. The zero-order chi connectivity index (χ0) is 24.7. The zero-order valence-corrected chi connectivity index (χ0v) is 19.8. The molecular formula is C21H25ClN10O3. The molecule has 4 aromatic rings. The smallest absolute Gasteiger partial charge is 0.226 e. The molecule has 0 bridgehead atoms. The Morgan fingerprint density at radius 3 is 2.69 bits per heavy atom. The van der Waals surface area contributed by atoms with Gasteiger partial charge in [0.1, 0.15) is 17.7 Å². The van der Waals surface area contributed by atoms with Crippen LogP contribution < -0.4 is 11.1 Å². The molecule has 1 fully saturated rings. The van der Waals surface area contributed by atoms with Crippen LogP contribution >= 0.6 is 11.6 Å². The summed E-state index contributed by atoms with van der Waals surface area (Å²) in [7, 11) is 0. The molecule has 5 rings (SSSR count). The van der Waals surface area contributed by atoms with E-state index in [9.17, 15) is 10.2 Å². The number of rotatable bonds is 7. The van der Waals surface area contributed by atoms with Crippen LogP contribution in [-0.2, 0) is 17.7 Å². The predicted octanol–water partition coefficient (Wildman–Crippen LogP) is 1.10. The highest BCUT2D eigenvalue weighted by Gasteiger charge is 2.47. The quantitative estimate of drug-likeness (QED) is 0.286. The average molecular weight is 501 g/mol. The average Bonchev–Trinajstić information content (AvgIpc) is 3.54. The van der Waals surface area contributed by atoms with Gasteiger partial charge in [-0.25, -0.2) is 4.98 Å². The number of nitrogen functional groups attached to an aromatic ring is 1. The molecule has 35 heavy (non-hydrogen) atoms. The Hall–Kier alpha value is -3.39. The minimum absolute atomic E-state index is 0.0174. The molecule has 1 aliphatic heterocycles. The molecule has 0 aliphatic carbocycles. The maximum Gasteiger partial charge on any atom is 0.226 e. The van der Waals surface area contributed by atoms with Crippen LogP contribution in [0.5, 0.6) is 0 Å². The Morgan fingerprint density at radius 1 is 1.20 bits per heavy atom. The monoisotopic (exact) mass is 500 g/mol. The summed E-state index contributed by atoms with van der Waals surface area (Å²) in [5.74, 6) is 0.653. The predicted molar refractivity (Wildman–Crippen MR) is 126 cm³/mol. The fraction of sp³-hybridized carbons (Fsp3) is 0.429. The summed E-state index contributed by atoms with van der Waals surface area (Å²) in [6.45, 7) is 4.37. The van der Waals surface area contributed by atoms with E-state index in [1.807, 2.05) is 38.1 Å². The lowest BCUT2D eigenvalue weighted by Gasteiger charge is -2.17. The number of imidazole rings is 1. The highest BCUT2D eigenvalue weighted by atomic mass is 35.5. The van der Waals surface area contributed by atoms with E-state index < -0.39 is 24.5 Å². The van der Waals surface area contributed by atoms with Crippen molar-refractivity contribution in [2.24, 2.45) is 0 Å². The highest BCUT2D eigenvalue weighted by molar-refractivity contribution is 6.30. The number of hydrogen-bond acceptors (Lipinski definition) is 11. The largest absolute Gasteiger partial charge is 0.387 e. The fourth-order valence-electron chi connectivity index (χ4n) is 4.04. The number of nitrogens with one attached hydrogen (secondary N) is 1. The molecule has 1 aliphatic rings. The van der Waals surface area contributed by atoms with Crippen molar-refractivity contribution in [3.05, 3.63) is 47.0 Å². The number of hydrogen-bond donors (Lipinski definition) is 4. The molecule has 4 heterocycles. The van der Waals surface area contributed by atoms with Crippen LogP contribution in [0.25, 0.3) is 11.2 Å². The number of anilines is 2. The van der Waals surface area contributed by atoms with Crippen molar-refractivity contribution in [2.75, 3.05) is 11.1 Å². The van der Waals surface area contributed by atoms with Crippen LogP contribution in [0.1, 0.15) is 37.6 Å². The number of aryl methyl sites for hydroxylation is 1. The molecule has 0 radical (unpaired) electrons. The first-order chi connectivity index (χ1) is 16.8. The van der Waals surface area contributed by atoms with Gasteiger partial charge in [-0.05, 0) is 43.2 Å². The molecule has 0 saturated carbocycles. The normalized spacial score (nSPS) is 23.1. The molecule has 1 saturated heterocycles. The third-order valence-electron chi connectivity index (χ3n) is 5.80. The molecule has 1 aromatic carbocycles. The Balaban J connectivity index is 1.39. The van der Waals surface area contributed by atoms with Crippen molar-refractivity contribution >= 4 is 34.5 Å². The first-order valence-corrected chi connectivity index (χ1v) is 11.5. The SMILES string of the molecule is CCn1nnc([C@H]2O[C@@H](n3cnc4c(N)nc(NC(C)Cc5ccc(Cl)cc5)nc43)[C@H](O)[C@@H]2O)n1. The van der Waals surface area contributed by atoms with E-state index in [4.69, 9.17) is 22.1 Å². The second-order valence-corrected chi connectivity index (χ2v) is 8.83. The van der Waals surface area contributed by atoms with Gasteiger partial charge in [-0.2, -0.15) is 14.8 Å². The number of aliphatic hydroxyl groups excluding tert-OH is 2. The molecule has 14 heteroatoms. The Morgan fingerprint density at radius 2 is 1.97 bits per heavy atom. The minimum Gasteiger partial charge on any atom is -0.387 e. The van der Waals surface area contributed by atoms with Gasteiger partial charge in [0.25, 0.3) is 0 Å². The summed E-state index contributed by atoms with van der Waals surface area (Å²) >= 11 is 5.97. The van der Waals surface area contributed by atoms with Crippen LogP contribution in [0.4, 0.5) is 11.8 Å². The van der Waals surface area contributed by atoms with Gasteiger partial charge in [-0.15, -0.1) is 10.2 Å². The van der Waals surface area contributed by atoms with Crippen molar-refractivity contribution in [2.45, 2.75) is 57.4 Å². The Kier molecular flexibility index (Phi) is 6.23.